The third-order valence-electron chi connectivity index (χ3n) is 6.28. The lowest BCUT2D eigenvalue weighted by molar-refractivity contribution is -0.125. The minimum Gasteiger partial charge on any atom is -0.361 e. The summed E-state index contributed by atoms with van der Waals surface area (Å²) in [4.78, 5) is 40.7. The van der Waals surface area contributed by atoms with Crippen LogP contribution in [0.15, 0.2) is 24.3 Å². The molecule has 1 saturated heterocycles. The molecular formula is C24H28ClN5O4. The van der Waals surface area contributed by atoms with Crippen molar-refractivity contribution in [2.45, 2.75) is 50.6 Å². The average molecular weight is 486 g/mol. The molecule has 3 atom stereocenters. The van der Waals surface area contributed by atoms with Crippen molar-refractivity contribution in [2.75, 3.05) is 13.3 Å². The van der Waals surface area contributed by atoms with Crippen LogP contribution in [0.2, 0.25) is 5.02 Å². The molecule has 9 nitrogen and oxygen atoms in total. The summed E-state index contributed by atoms with van der Waals surface area (Å²) in [6, 6.07) is 7.74. The van der Waals surface area contributed by atoms with Gasteiger partial charge in [-0.1, -0.05) is 36.6 Å². The highest BCUT2D eigenvalue weighted by atomic mass is 35.5. The Bertz CT molecular complexity index is 1110. The SMILES string of the molecule is N#C[C@H](C[C@@H]1CCC(=O)NCOC1)NC(=O)[C@H](CC1CC1)NC(=O)c1cc2cccc(Cl)c2[nH]1. The Morgan fingerprint density at radius 3 is 2.76 bits per heavy atom. The summed E-state index contributed by atoms with van der Waals surface area (Å²) in [5.74, 6) is -0.519. The average Bonchev–Trinajstić information content (AvgIpc) is 3.51. The lowest BCUT2D eigenvalue weighted by atomic mass is 9.95. The second kappa shape index (κ2) is 10.9. The number of hydrogen-bond acceptors (Lipinski definition) is 5. The minimum atomic E-state index is -0.753. The van der Waals surface area contributed by atoms with E-state index in [1.165, 1.54) is 0 Å². The number of aromatic amines is 1. The Morgan fingerprint density at radius 2 is 2.03 bits per heavy atom. The predicted molar refractivity (Wildman–Crippen MR) is 126 cm³/mol. The molecule has 2 aliphatic rings. The molecule has 1 saturated carbocycles. The van der Waals surface area contributed by atoms with Gasteiger partial charge in [-0.25, -0.2) is 0 Å². The van der Waals surface area contributed by atoms with Crippen LogP contribution in [0.3, 0.4) is 0 Å². The number of benzene rings is 1. The van der Waals surface area contributed by atoms with Crippen molar-refractivity contribution in [2.24, 2.45) is 11.8 Å². The van der Waals surface area contributed by atoms with Crippen LogP contribution in [0.5, 0.6) is 0 Å². The maximum Gasteiger partial charge on any atom is 0.268 e. The second-order valence-electron chi connectivity index (χ2n) is 9.04. The summed E-state index contributed by atoms with van der Waals surface area (Å²) in [5.41, 5.74) is 0.982. The van der Waals surface area contributed by atoms with Crippen molar-refractivity contribution in [3.63, 3.8) is 0 Å². The summed E-state index contributed by atoms with van der Waals surface area (Å²) in [5, 5.41) is 19.2. The van der Waals surface area contributed by atoms with Gasteiger partial charge in [-0.3, -0.25) is 14.4 Å². The molecule has 1 aromatic heterocycles. The lowest BCUT2D eigenvalue weighted by Crippen LogP contribution is -2.50. The zero-order valence-corrected chi connectivity index (χ0v) is 19.5. The summed E-state index contributed by atoms with van der Waals surface area (Å²) < 4.78 is 5.43. The zero-order valence-electron chi connectivity index (χ0n) is 18.7. The fraction of sp³-hybridized carbons (Fsp3) is 0.500. The summed E-state index contributed by atoms with van der Waals surface area (Å²) in [7, 11) is 0. The highest BCUT2D eigenvalue weighted by Gasteiger charge is 2.32. The summed E-state index contributed by atoms with van der Waals surface area (Å²) in [6.07, 6.45) is 3.86. The van der Waals surface area contributed by atoms with Gasteiger partial charge in [-0.2, -0.15) is 5.26 Å². The molecule has 0 unspecified atom stereocenters. The normalized spacial score (nSPS) is 20.4. The zero-order chi connectivity index (χ0) is 24.1. The summed E-state index contributed by atoms with van der Waals surface area (Å²) >= 11 is 6.20. The summed E-state index contributed by atoms with van der Waals surface area (Å²) in [6.45, 7) is 0.548. The fourth-order valence-corrected chi connectivity index (χ4v) is 4.42. The number of nitrogens with one attached hydrogen (secondary N) is 4. The third kappa shape index (κ3) is 6.27. The van der Waals surface area contributed by atoms with Gasteiger partial charge < -0.3 is 25.7 Å². The van der Waals surface area contributed by atoms with E-state index in [-0.39, 0.29) is 24.5 Å². The van der Waals surface area contributed by atoms with Crippen molar-refractivity contribution in [1.82, 2.24) is 20.9 Å². The molecule has 34 heavy (non-hydrogen) atoms. The molecule has 1 aliphatic carbocycles. The van der Waals surface area contributed by atoms with Crippen LogP contribution in [0.1, 0.15) is 49.0 Å². The van der Waals surface area contributed by atoms with E-state index in [1.807, 2.05) is 6.07 Å². The van der Waals surface area contributed by atoms with Gasteiger partial charge in [-0.15, -0.1) is 0 Å². The van der Waals surface area contributed by atoms with E-state index in [9.17, 15) is 19.6 Å². The van der Waals surface area contributed by atoms with Gasteiger partial charge in [-0.05, 0) is 43.2 Å². The number of ether oxygens (including phenoxy) is 1. The van der Waals surface area contributed by atoms with Crippen LogP contribution in [0, 0.1) is 23.2 Å². The lowest BCUT2D eigenvalue weighted by Gasteiger charge is -2.24. The van der Waals surface area contributed by atoms with Crippen molar-refractivity contribution in [1.29, 1.82) is 5.26 Å². The van der Waals surface area contributed by atoms with Gasteiger partial charge in [0, 0.05) is 11.8 Å². The number of carbonyl (C=O) groups excluding carboxylic acids is 3. The van der Waals surface area contributed by atoms with Gasteiger partial charge in [0.15, 0.2) is 0 Å². The molecule has 4 N–H and O–H groups in total. The number of fused-ring (bicyclic) bond motifs is 1. The number of rotatable bonds is 8. The number of hydrogen-bond donors (Lipinski definition) is 4. The van der Waals surface area contributed by atoms with Gasteiger partial charge in [0.1, 0.15) is 24.5 Å². The van der Waals surface area contributed by atoms with E-state index in [2.05, 4.69) is 27.0 Å². The largest absolute Gasteiger partial charge is 0.361 e. The van der Waals surface area contributed by atoms with Gasteiger partial charge in [0.25, 0.3) is 5.91 Å². The van der Waals surface area contributed by atoms with Crippen LogP contribution < -0.4 is 16.0 Å². The van der Waals surface area contributed by atoms with Crippen LogP contribution in [0.4, 0.5) is 0 Å². The predicted octanol–water partition coefficient (Wildman–Crippen LogP) is 2.62. The van der Waals surface area contributed by atoms with Crippen LogP contribution >= 0.6 is 11.6 Å². The number of aromatic nitrogens is 1. The number of para-hydroxylation sites is 1. The molecule has 2 heterocycles. The molecular weight excluding hydrogens is 458 g/mol. The Hall–Kier alpha value is -3.09. The van der Waals surface area contributed by atoms with Gasteiger partial charge >= 0.3 is 0 Å². The van der Waals surface area contributed by atoms with Crippen molar-refractivity contribution in [3.05, 3.63) is 35.0 Å². The third-order valence-corrected chi connectivity index (χ3v) is 6.60. The molecule has 0 radical (unpaired) electrons. The number of nitrogens with zero attached hydrogens (tertiary/aromatic N) is 1. The topological polar surface area (TPSA) is 136 Å². The molecule has 2 fully saturated rings. The van der Waals surface area contributed by atoms with E-state index >= 15 is 0 Å². The number of carbonyl (C=O) groups is 3. The standard InChI is InChI=1S/C24H28ClN5O4/c25-18-3-1-2-16-10-20(29-22(16)18)24(33)30-19(9-14-4-5-14)23(32)28-17(11-26)8-15-6-7-21(31)27-13-34-12-15/h1-3,10,14-15,17,19,29H,4-9,12-13H2,(H,27,31)(H,28,32)(H,30,33)/t15-,17-,19-/m0/s1. The van der Waals surface area contributed by atoms with E-state index < -0.39 is 18.0 Å². The van der Waals surface area contributed by atoms with Crippen LogP contribution in [-0.4, -0.2) is 48.1 Å². The molecule has 1 aliphatic heterocycles. The molecule has 4 rings (SSSR count). The fourth-order valence-electron chi connectivity index (χ4n) is 4.20. The highest BCUT2D eigenvalue weighted by Crippen LogP contribution is 2.33. The van der Waals surface area contributed by atoms with E-state index in [1.54, 1.807) is 18.2 Å². The first kappa shape index (κ1) is 24.0. The molecule has 1 aromatic carbocycles. The van der Waals surface area contributed by atoms with Crippen molar-refractivity contribution in [3.8, 4) is 6.07 Å². The van der Waals surface area contributed by atoms with Gasteiger partial charge in [0.05, 0.1) is 23.2 Å². The molecule has 2 aromatic rings. The molecule has 0 bridgehead atoms. The maximum atomic E-state index is 13.1. The maximum absolute atomic E-state index is 13.1. The van der Waals surface area contributed by atoms with E-state index in [0.717, 1.165) is 18.2 Å². The Kier molecular flexibility index (Phi) is 7.70. The molecule has 10 heteroatoms. The molecule has 180 valence electrons. The van der Waals surface area contributed by atoms with Crippen LogP contribution in [0.25, 0.3) is 10.9 Å². The molecule has 3 amide bonds. The second-order valence-corrected chi connectivity index (χ2v) is 9.45. The smallest absolute Gasteiger partial charge is 0.268 e. The monoisotopic (exact) mass is 485 g/mol. The van der Waals surface area contributed by atoms with Crippen molar-refractivity contribution < 1.29 is 19.1 Å². The number of nitriles is 1. The van der Waals surface area contributed by atoms with Crippen molar-refractivity contribution >= 4 is 40.2 Å². The molecule has 0 spiro atoms. The van der Waals surface area contributed by atoms with Crippen LogP contribution in [-0.2, 0) is 14.3 Å². The quantitative estimate of drug-likeness (QED) is 0.455. The first-order chi connectivity index (χ1) is 16.4. The van der Waals surface area contributed by atoms with E-state index in [0.29, 0.717) is 54.4 Å². The van der Waals surface area contributed by atoms with Gasteiger partial charge in [0.2, 0.25) is 11.8 Å². The first-order valence-electron chi connectivity index (χ1n) is 11.6. The van der Waals surface area contributed by atoms with E-state index in [4.69, 9.17) is 16.3 Å². The Morgan fingerprint density at radius 1 is 1.21 bits per heavy atom. The Labute approximate surface area is 202 Å². The first-order valence-corrected chi connectivity index (χ1v) is 11.9. The number of amides is 3. The highest BCUT2D eigenvalue weighted by molar-refractivity contribution is 6.35. The minimum absolute atomic E-state index is 0.0245. The Balaban J connectivity index is 1.40. The number of halogens is 1. The number of H-pyrrole nitrogens is 1.